The van der Waals surface area contributed by atoms with Gasteiger partial charge in [0.25, 0.3) is 5.91 Å². The van der Waals surface area contributed by atoms with E-state index in [2.05, 4.69) is 31.1 Å². The van der Waals surface area contributed by atoms with Gasteiger partial charge in [0, 0.05) is 11.9 Å². The smallest absolute Gasteiger partial charge is 0.253 e. The SMILES string of the molecule is Cc1ncccc1C(=O)NC(CO)CC(C)(C)C. The van der Waals surface area contributed by atoms with Crippen molar-refractivity contribution in [2.24, 2.45) is 5.41 Å². The first-order chi connectivity index (χ1) is 8.33. The highest BCUT2D eigenvalue weighted by Gasteiger charge is 2.21. The summed E-state index contributed by atoms with van der Waals surface area (Å²) in [6.07, 6.45) is 2.39. The van der Waals surface area contributed by atoms with E-state index in [1.54, 1.807) is 25.3 Å². The lowest BCUT2D eigenvalue weighted by Gasteiger charge is -2.25. The molecule has 0 aromatic carbocycles. The zero-order valence-electron chi connectivity index (χ0n) is 11.5. The van der Waals surface area contributed by atoms with E-state index in [0.29, 0.717) is 11.3 Å². The molecule has 4 nitrogen and oxygen atoms in total. The van der Waals surface area contributed by atoms with E-state index in [0.717, 1.165) is 6.42 Å². The molecule has 0 aliphatic carbocycles. The van der Waals surface area contributed by atoms with Crippen LogP contribution >= 0.6 is 0 Å². The second-order valence-corrected chi connectivity index (χ2v) is 5.75. The minimum Gasteiger partial charge on any atom is -0.394 e. The van der Waals surface area contributed by atoms with Crippen LogP contribution in [-0.4, -0.2) is 28.6 Å². The standard InChI is InChI=1S/C14H22N2O2/c1-10-12(6-5-7-15-10)13(18)16-11(9-17)8-14(2,3)4/h5-7,11,17H,8-9H2,1-4H3,(H,16,18). The molecule has 1 aromatic rings. The number of hydrogen-bond donors (Lipinski definition) is 2. The van der Waals surface area contributed by atoms with E-state index in [-0.39, 0.29) is 24.0 Å². The molecule has 2 N–H and O–H groups in total. The van der Waals surface area contributed by atoms with Crippen LogP contribution in [-0.2, 0) is 0 Å². The van der Waals surface area contributed by atoms with Crippen molar-refractivity contribution in [3.8, 4) is 0 Å². The molecule has 1 heterocycles. The summed E-state index contributed by atoms with van der Waals surface area (Å²) in [4.78, 5) is 16.1. The Kier molecular flexibility index (Phi) is 4.84. The molecule has 0 radical (unpaired) electrons. The van der Waals surface area contributed by atoms with Crippen molar-refractivity contribution in [1.29, 1.82) is 0 Å². The van der Waals surface area contributed by atoms with Crippen LogP contribution in [0.4, 0.5) is 0 Å². The number of aliphatic hydroxyl groups excluding tert-OH is 1. The number of aliphatic hydroxyl groups is 1. The maximum Gasteiger partial charge on any atom is 0.253 e. The molecule has 18 heavy (non-hydrogen) atoms. The summed E-state index contributed by atoms with van der Waals surface area (Å²) in [5, 5.41) is 12.2. The summed E-state index contributed by atoms with van der Waals surface area (Å²) in [7, 11) is 0. The Hall–Kier alpha value is -1.42. The van der Waals surface area contributed by atoms with Crippen LogP contribution in [0.1, 0.15) is 43.2 Å². The number of aryl methyl sites for hydroxylation is 1. The molecular weight excluding hydrogens is 228 g/mol. The molecule has 0 spiro atoms. The van der Waals surface area contributed by atoms with E-state index in [4.69, 9.17) is 0 Å². The van der Waals surface area contributed by atoms with E-state index < -0.39 is 0 Å². The maximum absolute atomic E-state index is 12.1. The Labute approximate surface area is 108 Å². The third kappa shape index (κ3) is 4.45. The molecular formula is C14H22N2O2. The number of carbonyl (C=O) groups excluding carboxylic acids is 1. The topological polar surface area (TPSA) is 62.2 Å². The molecule has 1 unspecified atom stereocenters. The molecule has 0 saturated carbocycles. The van der Waals surface area contributed by atoms with Gasteiger partial charge >= 0.3 is 0 Å². The molecule has 0 aliphatic rings. The molecule has 4 heteroatoms. The van der Waals surface area contributed by atoms with Gasteiger partial charge in [-0.05, 0) is 30.9 Å². The highest BCUT2D eigenvalue weighted by Crippen LogP contribution is 2.20. The molecule has 0 saturated heterocycles. The van der Waals surface area contributed by atoms with Gasteiger partial charge in [-0.15, -0.1) is 0 Å². The summed E-state index contributed by atoms with van der Waals surface area (Å²) in [6, 6.07) is 3.25. The molecule has 100 valence electrons. The number of pyridine rings is 1. The van der Waals surface area contributed by atoms with E-state index in [1.807, 2.05) is 0 Å². The number of nitrogens with zero attached hydrogens (tertiary/aromatic N) is 1. The van der Waals surface area contributed by atoms with Crippen LogP contribution in [0.25, 0.3) is 0 Å². The molecule has 0 aliphatic heterocycles. The van der Waals surface area contributed by atoms with Gasteiger partial charge in [0.1, 0.15) is 0 Å². The molecule has 0 fully saturated rings. The first-order valence-electron chi connectivity index (χ1n) is 6.17. The Balaban J connectivity index is 2.71. The summed E-state index contributed by atoms with van der Waals surface area (Å²) < 4.78 is 0. The third-order valence-corrected chi connectivity index (χ3v) is 2.67. The number of carbonyl (C=O) groups is 1. The van der Waals surface area contributed by atoms with Gasteiger partial charge < -0.3 is 10.4 Å². The largest absolute Gasteiger partial charge is 0.394 e. The monoisotopic (exact) mass is 250 g/mol. The van der Waals surface area contributed by atoms with E-state index >= 15 is 0 Å². The third-order valence-electron chi connectivity index (χ3n) is 2.67. The van der Waals surface area contributed by atoms with Crippen LogP contribution in [0.15, 0.2) is 18.3 Å². The average Bonchev–Trinajstić information content (AvgIpc) is 2.26. The predicted octanol–water partition coefficient (Wildman–Crippen LogP) is 1.92. The fraction of sp³-hybridized carbons (Fsp3) is 0.571. The van der Waals surface area contributed by atoms with Crippen molar-refractivity contribution in [3.05, 3.63) is 29.6 Å². The normalized spacial score (nSPS) is 13.2. The van der Waals surface area contributed by atoms with Gasteiger partial charge in [-0.3, -0.25) is 9.78 Å². The molecule has 1 rings (SSSR count). The highest BCUT2D eigenvalue weighted by atomic mass is 16.3. The van der Waals surface area contributed by atoms with Gasteiger partial charge in [-0.2, -0.15) is 0 Å². The first kappa shape index (κ1) is 14.6. The Bertz CT molecular complexity index is 411. The van der Waals surface area contributed by atoms with Crippen molar-refractivity contribution in [2.45, 2.75) is 40.2 Å². The van der Waals surface area contributed by atoms with Crippen molar-refractivity contribution in [3.63, 3.8) is 0 Å². The minimum absolute atomic E-state index is 0.0533. The Morgan fingerprint density at radius 1 is 1.50 bits per heavy atom. The van der Waals surface area contributed by atoms with Crippen LogP contribution in [0, 0.1) is 12.3 Å². The highest BCUT2D eigenvalue weighted by molar-refractivity contribution is 5.95. The van der Waals surface area contributed by atoms with Crippen LogP contribution in [0.2, 0.25) is 0 Å². The fourth-order valence-electron chi connectivity index (χ4n) is 1.89. The maximum atomic E-state index is 12.1. The second-order valence-electron chi connectivity index (χ2n) is 5.75. The van der Waals surface area contributed by atoms with Gasteiger partial charge in [0.2, 0.25) is 0 Å². The molecule has 1 amide bonds. The zero-order chi connectivity index (χ0) is 13.8. The number of hydrogen-bond acceptors (Lipinski definition) is 3. The molecule has 0 bridgehead atoms. The van der Waals surface area contributed by atoms with Crippen molar-refractivity contribution in [1.82, 2.24) is 10.3 Å². The first-order valence-corrected chi connectivity index (χ1v) is 6.17. The number of nitrogens with one attached hydrogen (secondary N) is 1. The number of aromatic nitrogens is 1. The summed E-state index contributed by atoms with van der Waals surface area (Å²) in [5.41, 5.74) is 1.32. The summed E-state index contributed by atoms with van der Waals surface area (Å²) >= 11 is 0. The number of rotatable bonds is 4. The summed E-state index contributed by atoms with van der Waals surface area (Å²) in [5.74, 6) is -0.177. The molecule has 1 atom stereocenters. The second kappa shape index (κ2) is 5.96. The lowest BCUT2D eigenvalue weighted by atomic mass is 9.88. The Morgan fingerprint density at radius 2 is 2.17 bits per heavy atom. The fourth-order valence-corrected chi connectivity index (χ4v) is 1.89. The van der Waals surface area contributed by atoms with Gasteiger partial charge in [0.15, 0.2) is 0 Å². The van der Waals surface area contributed by atoms with Crippen LogP contribution in [0.5, 0.6) is 0 Å². The lowest BCUT2D eigenvalue weighted by molar-refractivity contribution is 0.0896. The lowest BCUT2D eigenvalue weighted by Crippen LogP contribution is -2.40. The predicted molar refractivity (Wildman–Crippen MR) is 71.4 cm³/mol. The zero-order valence-corrected chi connectivity index (χ0v) is 11.5. The quantitative estimate of drug-likeness (QED) is 0.858. The van der Waals surface area contributed by atoms with Gasteiger partial charge in [0.05, 0.1) is 18.2 Å². The van der Waals surface area contributed by atoms with Crippen molar-refractivity contribution >= 4 is 5.91 Å². The average molecular weight is 250 g/mol. The molecule has 1 aromatic heterocycles. The van der Waals surface area contributed by atoms with Crippen LogP contribution < -0.4 is 5.32 Å². The summed E-state index contributed by atoms with van der Waals surface area (Å²) in [6.45, 7) is 7.99. The number of amides is 1. The van der Waals surface area contributed by atoms with Crippen molar-refractivity contribution in [2.75, 3.05) is 6.61 Å². The van der Waals surface area contributed by atoms with Crippen molar-refractivity contribution < 1.29 is 9.90 Å². The van der Waals surface area contributed by atoms with Gasteiger partial charge in [-0.25, -0.2) is 0 Å². The van der Waals surface area contributed by atoms with E-state index in [9.17, 15) is 9.90 Å². The van der Waals surface area contributed by atoms with E-state index in [1.165, 1.54) is 0 Å². The Morgan fingerprint density at radius 3 is 2.67 bits per heavy atom. The van der Waals surface area contributed by atoms with Gasteiger partial charge in [-0.1, -0.05) is 20.8 Å². The van der Waals surface area contributed by atoms with Crippen LogP contribution in [0.3, 0.4) is 0 Å². The minimum atomic E-state index is -0.225.